The van der Waals surface area contributed by atoms with Gasteiger partial charge in [-0.15, -0.1) is 0 Å². The topological polar surface area (TPSA) is 31.4 Å². The average Bonchev–Trinajstić information content (AvgIpc) is 2.85. The molecule has 0 N–H and O–H groups in total. The standard InChI is InChI=1S/C16H22INO2/c1-11(2)16-8-14(15(3,20-16)7-13(16)17)19-10-12-5-4-6-18-9-12/h4-6,9,11,13-14H,7-8,10H2,1-3H3/t13-,14+,15-,16+/m1/s1. The lowest BCUT2D eigenvalue weighted by atomic mass is 9.75. The van der Waals surface area contributed by atoms with E-state index >= 15 is 0 Å². The predicted molar refractivity (Wildman–Crippen MR) is 86.9 cm³/mol. The maximum absolute atomic E-state index is 6.47. The molecule has 4 atom stereocenters. The van der Waals surface area contributed by atoms with Gasteiger partial charge in [-0.25, -0.2) is 0 Å². The van der Waals surface area contributed by atoms with E-state index in [1.54, 1.807) is 6.20 Å². The number of aromatic nitrogens is 1. The van der Waals surface area contributed by atoms with E-state index in [0.717, 1.165) is 18.4 Å². The molecule has 2 bridgehead atoms. The summed E-state index contributed by atoms with van der Waals surface area (Å²) in [4.78, 5) is 4.14. The number of halogens is 1. The molecule has 0 aromatic carbocycles. The van der Waals surface area contributed by atoms with Crippen LogP contribution in [0.25, 0.3) is 0 Å². The molecule has 3 heterocycles. The predicted octanol–water partition coefficient (Wildman–Crippen LogP) is 3.75. The number of alkyl halides is 1. The molecule has 2 fully saturated rings. The summed E-state index contributed by atoms with van der Waals surface area (Å²) in [6.45, 7) is 7.36. The van der Waals surface area contributed by atoms with Crippen LogP contribution in [0.3, 0.4) is 0 Å². The molecular weight excluding hydrogens is 365 g/mol. The summed E-state index contributed by atoms with van der Waals surface area (Å²) in [5.74, 6) is 0.526. The molecular formula is C16H22INO2. The molecule has 0 radical (unpaired) electrons. The maximum atomic E-state index is 6.47. The number of hydrogen-bond acceptors (Lipinski definition) is 3. The quantitative estimate of drug-likeness (QED) is 0.583. The van der Waals surface area contributed by atoms with Crippen molar-refractivity contribution in [2.45, 2.75) is 61.5 Å². The molecule has 2 aliphatic rings. The maximum Gasteiger partial charge on any atom is 0.0935 e. The number of nitrogens with zero attached hydrogens (tertiary/aromatic N) is 1. The van der Waals surface area contributed by atoms with E-state index in [4.69, 9.17) is 9.47 Å². The van der Waals surface area contributed by atoms with E-state index < -0.39 is 0 Å². The van der Waals surface area contributed by atoms with Gasteiger partial charge < -0.3 is 9.47 Å². The summed E-state index contributed by atoms with van der Waals surface area (Å²) < 4.78 is 13.2. The minimum absolute atomic E-state index is 0.00505. The molecule has 0 saturated carbocycles. The van der Waals surface area contributed by atoms with E-state index in [2.05, 4.69) is 54.4 Å². The molecule has 20 heavy (non-hydrogen) atoms. The second kappa shape index (κ2) is 5.21. The molecule has 110 valence electrons. The average molecular weight is 387 g/mol. The van der Waals surface area contributed by atoms with Crippen molar-refractivity contribution >= 4 is 22.6 Å². The Morgan fingerprint density at radius 1 is 1.50 bits per heavy atom. The van der Waals surface area contributed by atoms with Gasteiger partial charge in [-0.1, -0.05) is 42.5 Å². The summed E-state index contributed by atoms with van der Waals surface area (Å²) in [7, 11) is 0. The molecule has 0 unspecified atom stereocenters. The van der Waals surface area contributed by atoms with Crippen molar-refractivity contribution in [3.8, 4) is 0 Å². The molecule has 1 aromatic heterocycles. The third-order valence-electron chi connectivity index (χ3n) is 4.87. The second-order valence-electron chi connectivity index (χ2n) is 6.56. The van der Waals surface area contributed by atoms with E-state index in [9.17, 15) is 0 Å². The fourth-order valence-corrected chi connectivity index (χ4v) is 5.55. The highest BCUT2D eigenvalue weighted by atomic mass is 127. The first-order valence-electron chi connectivity index (χ1n) is 7.31. The van der Waals surface area contributed by atoms with E-state index in [1.165, 1.54) is 0 Å². The summed E-state index contributed by atoms with van der Waals surface area (Å²) in [6.07, 6.45) is 5.95. The van der Waals surface area contributed by atoms with Crippen LogP contribution in [0.4, 0.5) is 0 Å². The Labute approximate surface area is 134 Å². The van der Waals surface area contributed by atoms with Gasteiger partial charge >= 0.3 is 0 Å². The highest BCUT2D eigenvalue weighted by Crippen LogP contribution is 2.57. The molecule has 0 spiro atoms. The summed E-state index contributed by atoms with van der Waals surface area (Å²) in [5.41, 5.74) is 0.997. The first-order valence-corrected chi connectivity index (χ1v) is 8.55. The van der Waals surface area contributed by atoms with Crippen LogP contribution < -0.4 is 0 Å². The Kier molecular flexibility index (Phi) is 3.84. The van der Waals surface area contributed by atoms with Crippen LogP contribution in [-0.4, -0.2) is 26.2 Å². The zero-order chi connectivity index (χ0) is 14.4. The molecule has 2 aliphatic heterocycles. The van der Waals surface area contributed by atoms with Crippen LogP contribution >= 0.6 is 22.6 Å². The molecule has 3 nitrogen and oxygen atoms in total. The van der Waals surface area contributed by atoms with Crippen LogP contribution in [0.2, 0.25) is 0 Å². The molecule has 3 rings (SSSR count). The largest absolute Gasteiger partial charge is 0.370 e. The van der Waals surface area contributed by atoms with Gasteiger partial charge in [-0.05, 0) is 30.9 Å². The number of ether oxygens (including phenoxy) is 2. The Morgan fingerprint density at radius 3 is 2.90 bits per heavy atom. The molecule has 1 aromatic rings. The van der Waals surface area contributed by atoms with Crippen LogP contribution in [-0.2, 0) is 16.1 Å². The van der Waals surface area contributed by atoms with Crippen molar-refractivity contribution < 1.29 is 9.47 Å². The van der Waals surface area contributed by atoms with E-state index in [0.29, 0.717) is 16.4 Å². The summed E-state index contributed by atoms with van der Waals surface area (Å²) in [5, 5.41) is 0. The number of pyridine rings is 1. The van der Waals surface area contributed by atoms with Crippen LogP contribution in [0.1, 0.15) is 39.2 Å². The minimum Gasteiger partial charge on any atom is -0.370 e. The van der Waals surface area contributed by atoms with Crippen molar-refractivity contribution in [2.24, 2.45) is 5.92 Å². The zero-order valence-electron chi connectivity index (χ0n) is 12.3. The third-order valence-corrected chi connectivity index (χ3v) is 6.37. The van der Waals surface area contributed by atoms with Crippen LogP contribution in [0.15, 0.2) is 24.5 Å². The first-order chi connectivity index (χ1) is 9.46. The number of hydrogen-bond donors (Lipinski definition) is 0. The number of fused-ring (bicyclic) bond motifs is 2. The SMILES string of the molecule is CC(C)[C@@]12C[C@H](OCc3cccnc3)[C@@](C)(C[C@H]1I)O2. The Hall–Kier alpha value is -0.200. The van der Waals surface area contributed by atoms with E-state index in [1.807, 2.05) is 12.3 Å². The highest BCUT2D eigenvalue weighted by Gasteiger charge is 2.65. The van der Waals surface area contributed by atoms with Crippen LogP contribution in [0, 0.1) is 5.92 Å². The van der Waals surface area contributed by atoms with Crippen molar-refractivity contribution in [3.05, 3.63) is 30.1 Å². The van der Waals surface area contributed by atoms with Gasteiger partial charge in [-0.3, -0.25) is 4.98 Å². The molecule has 2 saturated heterocycles. The zero-order valence-corrected chi connectivity index (χ0v) is 14.5. The lowest BCUT2D eigenvalue weighted by Crippen LogP contribution is -2.44. The first kappa shape index (κ1) is 14.7. The third kappa shape index (κ3) is 2.29. The fourth-order valence-electron chi connectivity index (χ4n) is 3.57. The van der Waals surface area contributed by atoms with Gasteiger partial charge in [-0.2, -0.15) is 0 Å². The smallest absolute Gasteiger partial charge is 0.0935 e. The van der Waals surface area contributed by atoms with Gasteiger partial charge in [0.1, 0.15) is 0 Å². The Bertz CT molecular complexity index is 481. The van der Waals surface area contributed by atoms with Gasteiger partial charge in [0.2, 0.25) is 0 Å². The minimum atomic E-state index is -0.127. The fraction of sp³-hybridized carbons (Fsp3) is 0.688. The monoisotopic (exact) mass is 387 g/mol. The lowest BCUT2D eigenvalue weighted by Gasteiger charge is -2.35. The van der Waals surface area contributed by atoms with Crippen molar-refractivity contribution in [1.29, 1.82) is 0 Å². The summed E-state index contributed by atoms with van der Waals surface area (Å²) >= 11 is 2.56. The highest BCUT2D eigenvalue weighted by molar-refractivity contribution is 14.1. The molecule has 0 amide bonds. The second-order valence-corrected chi connectivity index (χ2v) is 8.06. The lowest BCUT2D eigenvalue weighted by molar-refractivity contribution is -0.0954. The van der Waals surface area contributed by atoms with Crippen molar-refractivity contribution in [3.63, 3.8) is 0 Å². The van der Waals surface area contributed by atoms with Gasteiger partial charge in [0.15, 0.2) is 0 Å². The molecule has 4 heteroatoms. The van der Waals surface area contributed by atoms with E-state index in [-0.39, 0.29) is 17.3 Å². The normalized spacial score (nSPS) is 39.6. The van der Waals surface area contributed by atoms with Gasteiger partial charge in [0.25, 0.3) is 0 Å². The van der Waals surface area contributed by atoms with Crippen LogP contribution in [0.5, 0.6) is 0 Å². The van der Waals surface area contributed by atoms with Gasteiger partial charge in [0, 0.05) is 22.7 Å². The Morgan fingerprint density at radius 2 is 2.30 bits per heavy atom. The molecule has 0 aliphatic carbocycles. The Balaban J connectivity index is 1.71. The van der Waals surface area contributed by atoms with Crippen molar-refractivity contribution in [1.82, 2.24) is 4.98 Å². The number of rotatable bonds is 4. The van der Waals surface area contributed by atoms with Crippen molar-refractivity contribution in [2.75, 3.05) is 0 Å². The van der Waals surface area contributed by atoms with Gasteiger partial charge in [0.05, 0.1) is 23.9 Å². The summed E-state index contributed by atoms with van der Waals surface area (Å²) in [6, 6.07) is 4.01.